The second kappa shape index (κ2) is 8.56. The Bertz CT molecular complexity index is 1310. The Balaban J connectivity index is 1.68. The van der Waals surface area contributed by atoms with E-state index in [4.69, 9.17) is 0 Å². The van der Waals surface area contributed by atoms with Crippen LogP contribution in [0.5, 0.6) is 0 Å². The summed E-state index contributed by atoms with van der Waals surface area (Å²) in [4.78, 5) is 25.1. The van der Waals surface area contributed by atoms with E-state index in [0.29, 0.717) is 0 Å². The Hall–Kier alpha value is -3.90. The van der Waals surface area contributed by atoms with Crippen LogP contribution in [0.1, 0.15) is 5.56 Å². The summed E-state index contributed by atoms with van der Waals surface area (Å²) in [5.74, 6) is -0.319. The molecular formula is C27H25N3O3. The minimum Gasteiger partial charge on any atom is -0.389 e. The monoisotopic (exact) mass is 439 g/mol. The maximum atomic E-state index is 12.0. The Morgan fingerprint density at radius 3 is 2.21 bits per heavy atom. The van der Waals surface area contributed by atoms with E-state index in [1.54, 1.807) is 0 Å². The molecular weight excluding hydrogens is 414 g/mol. The average molecular weight is 440 g/mol. The zero-order chi connectivity index (χ0) is 22.9. The number of amides is 3. The van der Waals surface area contributed by atoms with Gasteiger partial charge in [0.1, 0.15) is 0 Å². The number of imide groups is 1. The first-order chi connectivity index (χ1) is 16.0. The molecule has 0 radical (unpaired) electrons. The van der Waals surface area contributed by atoms with Crippen LogP contribution in [0.4, 0.5) is 4.79 Å². The van der Waals surface area contributed by atoms with Crippen LogP contribution in [0, 0.1) is 6.92 Å². The van der Waals surface area contributed by atoms with Gasteiger partial charge in [-0.1, -0.05) is 72.3 Å². The summed E-state index contributed by atoms with van der Waals surface area (Å²) < 4.78 is 2.11. The number of benzene rings is 3. The minimum atomic E-state index is -0.916. The Morgan fingerprint density at radius 2 is 1.58 bits per heavy atom. The number of rotatable bonds is 6. The van der Waals surface area contributed by atoms with Gasteiger partial charge in [-0.15, -0.1) is 0 Å². The number of aromatic nitrogens is 1. The van der Waals surface area contributed by atoms with Crippen molar-refractivity contribution in [3.8, 4) is 22.4 Å². The summed E-state index contributed by atoms with van der Waals surface area (Å²) in [6.45, 7) is 2.24. The smallest absolute Gasteiger partial charge is 0.324 e. The van der Waals surface area contributed by atoms with Gasteiger partial charge in [0.25, 0.3) is 0 Å². The molecule has 6 heteroatoms. The van der Waals surface area contributed by atoms with Crippen molar-refractivity contribution in [2.75, 3.05) is 13.1 Å². The Labute approximate surface area is 192 Å². The average Bonchev–Trinajstić information content (AvgIpc) is 3.31. The topological polar surface area (TPSA) is 74.6 Å². The SMILES string of the molecule is Cc1ccc2c(c1)c(-c1ccccc1)c(-c1ccccc1)n2C[C@H](O)CN1C(=O)CNC1=O. The van der Waals surface area contributed by atoms with Crippen molar-refractivity contribution < 1.29 is 14.7 Å². The van der Waals surface area contributed by atoms with Crippen molar-refractivity contribution in [3.05, 3.63) is 84.4 Å². The van der Waals surface area contributed by atoms with Gasteiger partial charge in [0.2, 0.25) is 5.91 Å². The number of nitrogens with zero attached hydrogens (tertiary/aromatic N) is 2. The molecule has 2 heterocycles. The fourth-order valence-electron chi connectivity index (χ4n) is 4.57. The van der Waals surface area contributed by atoms with E-state index in [1.165, 1.54) is 0 Å². The third-order valence-electron chi connectivity index (χ3n) is 6.05. The zero-order valence-corrected chi connectivity index (χ0v) is 18.4. The summed E-state index contributed by atoms with van der Waals surface area (Å²) in [5, 5.41) is 14.6. The fourth-order valence-corrected chi connectivity index (χ4v) is 4.57. The first-order valence-corrected chi connectivity index (χ1v) is 11.0. The van der Waals surface area contributed by atoms with Crippen molar-refractivity contribution in [1.82, 2.24) is 14.8 Å². The van der Waals surface area contributed by atoms with Crippen LogP contribution >= 0.6 is 0 Å². The van der Waals surface area contributed by atoms with Crippen molar-refractivity contribution in [1.29, 1.82) is 0 Å². The summed E-state index contributed by atoms with van der Waals surface area (Å²) >= 11 is 0. The summed E-state index contributed by atoms with van der Waals surface area (Å²) in [6.07, 6.45) is -0.916. The van der Waals surface area contributed by atoms with E-state index in [0.717, 1.165) is 43.8 Å². The molecule has 33 heavy (non-hydrogen) atoms. The van der Waals surface area contributed by atoms with E-state index in [-0.39, 0.29) is 25.5 Å². The lowest BCUT2D eigenvalue weighted by Gasteiger charge is -2.20. The number of hydrogen-bond acceptors (Lipinski definition) is 3. The van der Waals surface area contributed by atoms with Gasteiger partial charge in [-0.05, 0) is 30.2 Å². The third-order valence-corrected chi connectivity index (χ3v) is 6.05. The highest BCUT2D eigenvalue weighted by atomic mass is 16.3. The van der Waals surface area contributed by atoms with Crippen LogP contribution in [-0.2, 0) is 11.3 Å². The quantitative estimate of drug-likeness (QED) is 0.442. The number of urea groups is 1. The second-order valence-electron chi connectivity index (χ2n) is 8.40. The number of carbonyl (C=O) groups is 2. The molecule has 1 aromatic heterocycles. The van der Waals surface area contributed by atoms with Gasteiger partial charge in [0.05, 0.1) is 31.4 Å². The van der Waals surface area contributed by atoms with Gasteiger partial charge in [0, 0.05) is 16.5 Å². The zero-order valence-electron chi connectivity index (χ0n) is 18.4. The van der Waals surface area contributed by atoms with Crippen LogP contribution in [0.25, 0.3) is 33.3 Å². The third kappa shape index (κ3) is 3.90. The molecule has 5 rings (SSSR count). The molecule has 0 bridgehead atoms. The van der Waals surface area contributed by atoms with E-state index in [1.807, 2.05) is 36.4 Å². The molecule has 1 aliphatic rings. The maximum Gasteiger partial charge on any atom is 0.324 e. The van der Waals surface area contributed by atoms with E-state index in [9.17, 15) is 14.7 Å². The number of hydrogen-bond donors (Lipinski definition) is 2. The van der Waals surface area contributed by atoms with E-state index < -0.39 is 12.1 Å². The molecule has 0 saturated carbocycles. The van der Waals surface area contributed by atoms with Gasteiger partial charge >= 0.3 is 6.03 Å². The summed E-state index contributed by atoms with van der Waals surface area (Å²) in [7, 11) is 0. The Kier molecular flexibility index (Phi) is 5.44. The van der Waals surface area contributed by atoms with Gasteiger partial charge in [-0.2, -0.15) is 0 Å². The predicted octanol–water partition coefficient (Wildman–Crippen LogP) is 4.20. The molecule has 3 amide bonds. The van der Waals surface area contributed by atoms with Crippen molar-refractivity contribution in [3.63, 3.8) is 0 Å². The molecule has 6 nitrogen and oxygen atoms in total. The number of aliphatic hydroxyl groups is 1. The largest absolute Gasteiger partial charge is 0.389 e. The number of fused-ring (bicyclic) bond motifs is 1. The lowest BCUT2D eigenvalue weighted by molar-refractivity contribution is -0.126. The predicted molar refractivity (Wildman–Crippen MR) is 129 cm³/mol. The van der Waals surface area contributed by atoms with Crippen LogP contribution in [0.2, 0.25) is 0 Å². The van der Waals surface area contributed by atoms with E-state index >= 15 is 0 Å². The summed E-state index contributed by atoms with van der Waals surface area (Å²) in [6, 6.07) is 26.2. The first-order valence-electron chi connectivity index (χ1n) is 11.0. The molecule has 3 aromatic carbocycles. The number of aryl methyl sites for hydroxylation is 1. The van der Waals surface area contributed by atoms with Crippen LogP contribution in [-0.4, -0.2) is 45.7 Å². The molecule has 0 spiro atoms. The number of aliphatic hydroxyl groups excluding tert-OH is 1. The molecule has 1 saturated heterocycles. The fraction of sp³-hybridized carbons (Fsp3) is 0.185. The molecule has 1 atom stereocenters. The highest BCUT2D eigenvalue weighted by molar-refractivity contribution is 6.05. The van der Waals surface area contributed by atoms with Gasteiger partial charge < -0.3 is 15.0 Å². The van der Waals surface area contributed by atoms with Crippen LogP contribution < -0.4 is 5.32 Å². The number of nitrogens with one attached hydrogen (secondary N) is 1. The molecule has 1 fully saturated rings. The molecule has 166 valence electrons. The lowest BCUT2D eigenvalue weighted by atomic mass is 9.98. The number of carbonyl (C=O) groups excluding carboxylic acids is 2. The molecule has 4 aromatic rings. The molecule has 1 aliphatic heterocycles. The van der Waals surface area contributed by atoms with Crippen LogP contribution in [0.3, 0.4) is 0 Å². The van der Waals surface area contributed by atoms with Gasteiger partial charge in [-0.25, -0.2) is 4.79 Å². The second-order valence-corrected chi connectivity index (χ2v) is 8.40. The maximum absolute atomic E-state index is 12.0. The highest BCUT2D eigenvalue weighted by Gasteiger charge is 2.31. The number of β-amino-alcohol motifs (C(OH)–C–C–N with tert-alkyl or cyclic N) is 1. The van der Waals surface area contributed by atoms with Crippen molar-refractivity contribution in [2.24, 2.45) is 0 Å². The van der Waals surface area contributed by atoms with Crippen molar-refractivity contribution in [2.45, 2.75) is 19.6 Å². The summed E-state index contributed by atoms with van der Waals surface area (Å²) in [5.41, 5.74) is 6.37. The highest BCUT2D eigenvalue weighted by Crippen LogP contribution is 2.41. The van der Waals surface area contributed by atoms with Crippen molar-refractivity contribution >= 4 is 22.8 Å². The lowest BCUT2D eigenvalue weighted by Crippen LogP contribution is -2.39. The van der Waals surface area contributed by atoms with E-state index in [2.05, 4.69) is 59.3 Å². The van der Waals surface area contributed by atoms with Gasteiger partial charge in [0.15, 0.2) is 0 Å². The minimum absolute atomic E-state index is 0.0231. The van der Waals surface area contributed by atoms with Gasteiger partial charge in [-0.3, -0.25) is 9.69 Å². The molecule has 2 N–H and O–H groups in total. The Morgan fingerprint density at radius 1 is 0.909 bits per heavy atom. The van der Waals surface area contributed by atoms with Crippen LogP contribution in [0.15, 0.2) is 78.9 Å². The molecule has 0 unspecified atom stereocenters. The standard InChI is InChI=1S/C27H25N3O3/c1-18-12-13-23-22(14-18)25(19-8-4-2-5-9-19)26(20-10-6-3-7-11-20)29(23)16-21(31)17-30-24(32)15-28-27(30)33/h2-14,21,31H,15-17H2,1H3,(H,28,33)/t21-/m0/s1. The molecule has 0 aliphatic carbocycles. The first kappa shape index (κ1) is 21.0. The normalized spacial score (nSPS) is 14.7.